The third kappa shape index (κ3) is 11.1. The predicted molar refractivity (Wildman–Crippen MR) is 492 cm³/mol. The summed E-state index contributed by atoms with van der Waals surface area (Å²) in [4.78, 5) is 0. The molecule has 114 heavy (non-hydrogen) atoms. The third-order valence-electron chi connectivity index (χ3n) is 24.0. The largest absolute Gasteiger partial charge is 0.0622 e. The van der Waals surface area contributed by atoms with E-state index in [0.29, 0.717) is 0 Å². The molecule has 0 radical (unpaired) electrons. The second kappa shape index (κ2) is 27.6. The number of hydrogen-bond acceptors (Lipinski definition) is 0. The van der Waals surface area contributed by atoms with Crippen LogP contribution in [0, 0.1) is 0 Å². The highest BCUT2D eigenvalue weighted by atomic mass is 14.3. The molecule has 0 bridgehead atoms. The molecule has 0 atom stereocenters. The first-order chi connectivity index (χ1) is 56.6. The highest BCUT2D eigenvalue weighted by Crippen LogP contribution is 2.53. The van der Waals surface area contributed by atoms with Crippen molar-refractivity contribution in [3.63, 3.8) is 0 Å². The molecule has 23 aromatic rings. The third-order valence-corrected chi connectivity index (χ3v) is 24.0. The van der Waals surface area contributed by atoms with Gasteiger partial charge in [-0.25, -0.2) is 0 Å². The number of hydrogen-bond donors (Lipinski definition) is 0. The Hall–Kier alpha value is -14.8. The summed E-state index contributed by atoms with van der Waals surface area (Å²) < 4.78 is 0. The van der Waals surface area contributed by atoms with E-state index >= 15 is 0 Å². The minimum atomic E-state index is 1.18. The van der Waals surface area contributed by atoms with Crippen LogP contribution < -0.4 is 0 Å². The van der Waals surface area contributed by atoms with E-state index in [4.69, 9.17) is 0 Å². The van der Waals surface area contributed by atoms with Gasteiger partial charge in [-0.15, -0.1) is 0 Å². The molecule has 0 spiro atoms. The number of fused-ring (bicyclic) bond motifs is 24. The highest BCUT2D eigenvalue weighted by Gasteiger charge is 2.25. The molecule has 23 aromatic carbocycles. The second-order valence-electron chi connectivity index (χ2n) is 30.3. The van der Waals surface area contributed by atoms with Gasteiger partial charge < -0.3 is 0 Å². The van der Waals surface area contributed by atoms with Crippen LogP contribution in [0.1, 0.15) is 0 Å². The second-order valence-corrected chi connectivity index (χ2v) is 30.3. The van der Waals surface area contributed by atoms with Crippen LogP contribution in [0.2, 0.25) is 0 Å². The van der Waals surface area contributed by atoms with Crippen molar-refractivity contribution in [3.8, 4) is 100 Å². The summed E-state index contributed by atoms with van der Waals surface area (Å²) in [6.07, 6.45) is 0. The van der Waals surface area contributed by atoms with Crippen LogP contribution in [-0.2, 0) is 0 Å². The van der Waals surface area contributed by atoms with Gasteiger partial charge >= 0.3 is 0 Å². The van der Waals surface area contributed by atoms with Crippen molar-refractivity contribution in [2.45, 2.75) is 0 Å². The minimum Gasteiger partial charge on any atom is -0.0622 e. The van der Waals surface area contributed by atoms with E-state index in [1.807, 2.05) is 0 Å². The molecule has 528 valence electrons. The quantitative estimate of drug-likeness (QED) is 0.126. The number of rotatable bonds is 9. The first-order valence-electron chi connectivity index (χ1n) is 39.6. The van der Waals surface area contributed by atoms with Gasteiger partial charge in [0, 0.05) is 0 Å². The minimum absolute atomic E-state index is 1.18. The molecular formula is C114H72. The Balaban J connectivity index is 0.000000146. The molecule has 0 unspecified atom stereocenters. The molecule has 0 heteroatoms. The van der Waals surface area contributed by atoms with Gasteiger partial charge in [0.1, 0.15) is 0 Å². The molecule has 0 aliphatic rings. The lowest BCUT2D eigenvalue weighted by atomic mass is 9.80. The summed E-state index contributed by atoms with van der Waals surface area (Å²) in [7, 11) is 0. The van der Waals surface area contributed by atoms with Gasteiger partial charge in [0.25, 0.3) is 0 Å². The van der Waals surface area contributed by atoms with Gasteiger partial charge in [0.15, 0.2) is 0 Å². The molecule has 0 saturated heterocycles. The average Bonchev–Trinajstić information content (AvgIpc) is 0.715. The van der Waals surface area contributed by atoms with Crippen molar-refractivity contribution < 1.29 is 0 Å². The normalized spacial score (nSPS) is 11.7. The maximum atomic E-state index is 2.46. The summed E-state index contributed by atoms with van der Waals surface area (Å²) in [6.45, 7) is 0. The predicted octanol–water partition coefficient (Wildman–Crippen LogP) is 32.2. The van der Waals surface area contributed by atoms with Gasteiger partial charge in [0.2, 0.25) is 0 Å². The zero-order chi connectivity index (χ0) is 75.2. The fourth-order valence-corrected chi connectivity index (χ4v) is 18.9. The molecular weight excluding hydrogens is 1370 g/mol. The molecule has 23 rings (SSSR count). The van der Waals surface area contributed by atoms with E-state index in [1.165, 1.54) is 229 Å². The van der Waals surface area contributed by atoms with Crippen molar-refractivity contribution in [1.82, 2.24) is 0 Å². The number of benzene rings is 23. The maximum absolute atomic E-state index is 2.46. The van der Waals surface area contributed by atoms with Crippen LogP contribution in [0.5, 0.6) is 0 Å². The van der Waals surface area contributed by atoms with Crippen LogP contribution in [0.3, 0.4) is 0 Å². The molecule has 0 aromatic heterocycles. The topological polar surface area (TPSA) is 0 Å². The Labute approximate surface area is 661 Å². The van der Waals surface area contributed by atoms with E-state index in [2.05, 4.69) is 437 Å². The van der Waals surface area contributed by atoms with Crippen LogP contribution in [0.15, 0.2) is 437 Å². The summed E-state index contributed by atoms with van der Waals surface area (Å²) >= 11 is 0. The molecule has 0 aliphatic heterocycles. The van der Waals surface area contributed by atoms with E-state index in [1.54, 1.807) is 0 Å². The van der Waals surface area contributed by atoms with Gasteiger partial charge in [-0.3, -0.25) is 0 Å². The Bertz CT molecular complexity index is 7260. The lowest BCUT2D eigenvalue weighted by molar-refractivity contribution is 1.58. The molecule has 0 fully saturated rings. The molecule has 0 amide bonds. The maximum Gasteiger partial charge on any atom is -0.000786 e. The average molecular weight is 1440 g/mol. The molecule has 0 saturated carbocycles. The van der Waals surface area contributed by atoms with E-state index < -0.39 is 0 Å². The van der Waals surface area contributed by atoms with Crippen LogP contribution >= 0.6 is 0 Å². The van der Waals surface area contributed by atoms with Crippen molar-refractivity contribution in [1.29, 1.82) is 0 Å². The van der Waals surface area contributed by atoms with E-state index in [0.717, 1.165) is 0 Å². The zero-order valence-corrected chi connectivity index (χ0v) is 62.6. The van der Waals surface area contributed by atoms with Crippen molar-refractivity contribution >= 4 is 129 Å². The smallest absolute Gasteiger partial charge is 0.000786 e. The molecule has 0 aliphatic carbocycles. The standard InChI is InChI=1S/C66H42.C48H30/c1-5-21-43(22-6-1)59-41-57(61(47-25-9-3-10-26-47)65-55-35-19-15-31-51(55)49-29-13-17-33-53(49)63(59)65)45-37-39-46(40-38-45)58-42-60(44-23-7-2-8-24-44)64-54-34-18-14-30-50(54)52-32-16-20-36-56(52)66(64)62(58)48-27-11-4-12-28-48;1-3-19-41-37(15-1)39-17-5-7-21-43(39)47-29-35(23-25-45(41)47)33-13-9-11-31(27-33)32-12-10-14-34(28-32)36-24-26-46-42-20-4-2-16-38(42)40-18-6-8-22-44(40)48(46)30-36/h1-42H;1-30H. The Kier molecular flexibility index (Phi) is 16.0. The zero-order valence-electron chi connectivity index (χ0n) is 62.6. The van der Waals surface area contributed by atoms with Crippen molar-refractivity contribution in [3.05, 3.63) is 437 Å². The Morgan fingerprint density at radius 2 is 0.272 bits per heavy atom. The summed E-state index contributed by atoms with van der Waals surface area (Å²) in [5.74, 6) is 0. The molecule has 0 N–H and O–H groups in total. The van der Waals surface area contributed by atoms with Crippen LogP contribution in [0.4, 0.5) is 0 Å². The Morgan fingerprint density at radius 1 is 0.0877 bits per heavy atom. The van der Waals surface area contributed by atoms with Gasteiger partial charge in [0.05, 0.1) is 0 Å². The SMILES string of the molecule is c1cc(-c2cccc(-c3ccc4c5ccccc5c5ccccc5c4c3)c2)cc(-c2ccc3c4ccccc4c4ccccc4c3c2)c1.c1ccc(-c2cc(-c3ccc(-c4cc(-c5ccccc5)c5c6ccccc6c6ccccc6c5c4-c4ccccc4)cc3)c(-c3ccccc3)c3c4ccccc4c4ccccc4c23)cc1. The first-order valence-corrected chi connectivity index (χ1v) is 39.6. The van der Waals surface area contributed by atoms with Gasteiger partial charge in [-0.05, 0) is 266 Å². The van der Waals surface area contributed by atoms with Crippen molar-refractivity contribution in [2.75, 3.05) is 0 Å². The summed E-state index contributed by atoms with van der Waals surface area (Å²) in [6, 6.07) is 161. The van der Waals surface area contributed by atoms with Gasteiger partial charge in [-0.2, -0.15) is 0 Å². The fourth-order valence-electron chi connectivity index (χ4n) is 18.9. The van der Waals surface area contributed by atoms with Crippen LogP contribution in [-0.4, -0.2) is 0 Å². The lowest BCUT2D eigenvalue weighted by Crippen LogP contribution is -1.95. The Morgan fingerprint density at radius 3 is 0.553 bits per heavy atom. The van der Waals surface area contributed by atoms with Crippen molar-refractivity contribution in [2.24, 2.45) is 0 Å². The monoisotopic (exact) mass is 1440 g/mol. The summed E-state index contributed by atoms with van der Waals surface area (Å²) in [5.41, 5.74) is 21.9. The fraction of sp³-hybridized carbons (Fsp3) is 0. The van der Waals surface area contributed by atoms with E-state index in [9.17, 15) is 0 Å². The highest BCUT2D eigenvalue weighted by molar-refractivity contribution is 6.35. The lowest BCUT2D eigenvalue weighted by Gasteiger charge is -2.23. The summed E-state index contributed by atoms with van der Waals surface area (Å²) in [5, 5.41) is 30.9. The van der Waals surface area contributed by atoms with Crippen LogP contribution in [0.25, 0.3) is 229 Å². The molecule has 0 nitrogen and oxygen atoms in total. The molecule has 0 heterocycles. The van der Waals surface area contributed by atoms with E-state index in [-0.39, 0.29) is 0 Å². The first kappa shape index (κ1) is 66.2. The van der Waals surface area contributed by atoms with Gasteiger partial charge in [-0.1, -0.05) is 400 Å².